The fourth-order valence-electron chi connectivity index (χ4n) is 4.24. The van der Waals surface area contributed by atoms with Crippen molar-refractivity contribution in [3.8, 4) is 5.75 Å². The van der Waals surface area contributed by atoms with Crippen molar-refractivity contribution in [3.05, 3.63) is 112 Å². The Morgan fingerprint density at radius 1 is 0.895 bits per heavy atom. The number of hydrogen-bond donors (Lipinski definition) is 1. The van der Waals surface area contributed by atoms with Gasteiger partial charge in [-0.2, -0.15) is 0 Å². The number of carboxylic acid groups (broad SMARTS) is 1. The maximum Gasteiger partial charge on any atom is 0.303 e. The van der Waals surface area contributed by atoms with Gasteiger partial charge in [-0.05, 0) is 59.6 Å². The van der Waals surface area contributed by atoms with E-state index >= 15 is 0 Å². The van der Waals surface area contributed by atoms with E-state index in [-0.39, 0.29) is 6.42 Å². The average molecular weight is 529 g/mol. The van der Waals surface area contributed by atoms with Gasteiger partial charge in [-0.3, -0.25) is 4.79 Å². The highest BCUT2D eigenvalue weighted by atomic mass is 32.1. The van der Waals surface area contributed by atoms with Crippen molar-refractivity contribution < 1.29 is 14.6 Å². The number of anilines is 1. The summed E-state index contributed by atoms with van der Waals surface area (Å²) in [5.41, 5.74) is 5.85. The third-order valence-corrected chi connectivity index (χ3v) is 7.24. The van der Waals surface area contributed by atoms with Crippen LogP contribution < -0.4 is 9.64 Å². The minimum absolute atomic E-state index is 0.137. The van der Waals surface area contributed by atoms with Gasteiger partial charge in [0, 0.05) is 24.9 Å². The molecule has 4 aromatic rings. The summed E-state index contributed by atoms with van der Waals surface area (Å²) in [6, 6.07) is 26.9. The van der Waals surface area contributed by atoms with Crippen LogP contribution in [0.5, 0.6) is 5.75 Å². The lowest BCUT2D eigenvalue weighted by molar-refractivity contribution is -0.136. The monoisotopic (exact) mass is 528 g/mol. The van der Waals surface area contributed by atoms with Gasteiger partial charge < -0.3 is 14.7 Å². The zero-order chi connectivity index (χ0) is 26.7. The van der Waals surface area contributed by atoms with E-state index in [1.54, 1.807) is 11.3 Å². The standard InChI is InChI=1S/C32H36N2O3S/c1-24(2)20-29-23-38-32(33-29)34(19-18-25-6-4-3-5-7-25)21-27-8-10-28(11-9-27)22-37-30-15-12-26(13-16-30)14-17-31(35)36/h3-13,15-16,23-24H,14,17-22H2,1-2H3,(H,35,36). The van der Waals surface area contributed by atoms with Crippen molar-refractivity contribution in [1.82, 2.24) is 4.98 Å². The van der Waals surface area contributed by atoms with Gasteiger partial charge in [0.05, 0.1) is 5.69 Å². The van der Waals surface area contributed by atoms with E-state index in [4.69, 9.17) is 14.8 Å². The summed E-state index contributed by atoms with van der Waals surface area (Å²) >= 11 is 1.73. The summed E-state index contributed by atoms with van der Waals surface area (Å²) in [6.07, 6.45) is 2.64. The number of nitrogens with zero attached hydrogens (tertiary/aromatic N) is 2. The Kier molecular flexibility index (Phi) is 9.93. The number of thiazole rings is 1. The van der Waals surface area contributed by atoms with Crippen LogP contribution in [0.15, 0.2) is 84.2 Å². The zero-order valence-corrected chi connectivity index (χ0v) is 23.0. The predicted octanol–water partition coefficient (Wildman–Crippen LogP) is 7.19. The molecule has 0 saturated heterocycles. The number of aliphatic carboxylic acids is 1. The quantitative estimate of drug-likeness (QED) is 0.188. The van der Waals surface area contributed by atoms with Gasteiger partial charge >= 0.3 is 5.97 Å². The Morgan fingerprint density at radius 3 is 2.24 bits per heavy atom. The third-order valence-electron chi connectivity index (χ3n) is 6.29. The molecule has 0 fully saturated rings. The molecule has 5 nitrogen and oxygen atoms in total. The van der Waals surface area contributed by atoms with Crippen LogP contribution >= 0.6 is 11.3 Å². The predicted molar refractivity (Wildman–Crippen MR) is 155 cm³/mol. The molecule has 0 amide bonds. The number of hydrogen-bond acceptors (Lipinski definition) is 5. The normalized spacial score (nSPS) is 11.0. The molecule has 0 bridgehead atoms. The molecule has 4 rings (SSSR count). The van der Waals surface area contributed by atoms with Crippen molar-refractivity contribution in [3.63, 3.8) is 0 Å². The van der Waals surface area contributed by atoms with E-state index in [2.05, 4.69) is 78.7 Å². The molecule has 0 radical (unpaired) electrons. The first kappa shape index (κ1) is 27.4. The van der Waals surface area contributed by atoms with E-state index in [1.165, 1.54) is 16.8 Å². The minimum Gasteiger partial charge on any atom is -0.489 e. The maximum absolute atomic E-state index is 10.8. The molecular weight excluding hydrogens is 492 g/mol. The summed E-state index contributed by atoms with van der Waals surface area (Å²) in [5.74, 6) is 0.587. The Bertz CT molecular complexity index is 1270. The van der Waals surface area contributed by atoms with Crippen molar-refractivity contribution in [1.29, 1.82) is 0 Å². The number of aryl methyl sites for hydroxylation is 1. The van der Waals surface area contributed by atoms with E-state index in [1.807, 2.05) is 24.3 Å². The lowest BCUT2D eigenvalue weighted by atomic mass is 10.1. The minimum atomic E-state index is -0.782. The fraction of sp³-hybridized carbons (Fsp3) is 0.312. The van der Waals surface area contributed by atoms with Gasteiger partial charge in [0.15, 0.2) is 5.13 Å². The number of carboxylic acids is 1. The van der Waals surface area contributed by atoms with Crippen molar-refractivity contribution in [2.75, 3.05) is 11.4 Å². The second-order valence-electron chi connectivity index (χ2n) is 10.0. The van der Waals surface area contributed by atoms with Crippen molar-refractivity contribution in [2.45, 2.75) is 52.7 Å². The van der Waals surface area contributed by atoms with Gasteiger partial charge in [0.1, 0.15) is 12.4 Å². The SMILES string of the molecule is CC(C)Cc1csc(N(CCc2ccccc2)Cc2ccc(COc3ccc(CCC(=O)O)cc3)cc2)n1. The molecule has 0 saturated carbocycles. The first-order chi connectivity index (χ1) is 18.4. The molecule has 0 aliphatic heterocycles. The number of benzene rings is 3. The molecule has 38 heavy (non-hydrogen) atoms. The Balaban J connectivity index is 1.36. The van der Waals surface area contributed by atoms with Crippen LogP contribution in [-0.4, -0.2) is 22.6 Å². The summed E-state index contributed by atoms with van der Waals surface area (Å²) in [7, 11) is 0. The Morgan fingerprint density at radius 2 is 1.55 bits per heavy atom. The highest BCUT2D eigenvalue weighted by Gasteiger charge is 2.13. The second-order valence-corrected chi connectivity index (χ2v) is 10.9. The maximum atomic E-state index is 10.8. The largest absolute Gasteiger partial charge is 0.489 e. The molecule has 1 N–H and O–H groups in total. The van der Waals surface area contributed by atoms with E-state index < -0.39 is 5.97 Å². The van der Waals surface area contributed by atoms with Gasteiger partial charge in [0.2, 0.25) is 0 Å². The van der Waals surface area contributed by atoms with Crippen LogP contribution in [0.25, 0.3) is 0 Å². The number of rotatable bonds is 14. The molecule has 0 atom stereocenters. The molecule has 0 aliphatic carbocycles. The molecule has 6 heteroatoms. The van der Waals surface area contributed by atoms with Crippen LogP contribution in [0.4, 0.5) is 5.13 Å². The van der Waals surface area contributed by atoms with Crippen LogP contribution in [0.3, 0.4) is 0 Å². The van der Waals surface area contributed by atoms with Gasteiger partial charge in [-0.25, -0.2) is 4.98 Å². The Hall–Kier alpha value is -3.64. The molecule has 1 aromatic heterocycles. The topological polar surface area (TPSA) is 62.7 Å². The van der Waals surface area contributed by atoms with Gasteiger partial charge in [0.25, 0.3) is 0 Å². The first-order valence-electron chi connectivity index (χ1n) is 13.2. The summed E-state index contributed by atoms with van der Waals surface area (Å²) in [6.45, 7) is 6.66. The first-order valence-corrected chi connectivity index (χ1v) is 14.1. The molecular formula is C32H36N2O3S. The lowest BCUT2D eigenvalue weighted by Crippen LogP contribution is -2.25. The highest BCUT2D eigenvalue weighted by molar-refractivity contribution is 7.13. The molecule has 0 unspecified atom stereocenters. The molecule has 0 aliphatic rings. The van der Waals surface area contributed by atoms with Crippen molar-refractivity contribution >= 4 is 22.4 Å². The summed E-state index contributed by atoms with van der Waals surface area (Å²) in [5, 5.41) is 12.1. The van der Waals surface area contributed by atoms with Crippen LogP contribution in [0.2, 0.25) is 0 Å². The van der Waals surface area contributed by atoms with Gasteiger partial charge in [-0.1, -0.05) is 80.6 Å². The van der Waals surface area contributed by atoms with Crippen LogP contribution in [0.1, 0.15) is 48.2 Å². The molecule has 0 spiro atoms. The summed E-state index contributed by atoms with van der Waals surface area (Å²) < 4.78 is 5.95. The van der Waals surface area contributed by atoms with E-state index in [0.29, 0.717) is 18.9 Å². The lowest BCUT2D eigenvalue weighted by Gasteiger charge is -2.22. The summed E-state index contributed by atoms with van der Waals surface area (Å²) in [4.78, 5) is 18.1. The second kappa shape index (κ2) is 13.8. The molecule has 1 heterocycles. The smallest absolute Gasteiger partial charge is 0.303 e. The van der Waals surface area contributed by atoms with Gasteiger partial charge in [-0.15, -0.1) is 11.3 Å². The van der Waals surface area contributed by atoms with Crippen LogP contribution in [-0.2, 0) is 37.2 Å². The third kappa shape index (κ3) is 8.73. The number of aromatic nitrogens is 1. The molecule has 3 aromatic carbocycles. The zero-order valence-electron chi connectivity index (χ0n) is 22.2. The highest BCUT2D eigenvalue weighted by Crippen LogP contribution is 2.25. The van der Waals surface area contributed by atoms with Crippen molar-refractivity contribution in [2.24, 2.45) is 5.92 Å². The Labute approximate surface area is 229 Å². The van der Waals surface area contributed by atoms with E-state index in [9.17, 15) is 4.79 Å². The average Bonchev–Trinajstić information content (AvgIpc) is 3.38. The number of carbonyl (C=O) groups is 1. The van der Waals surface area contributed by atoms with E-state index in [0.717, 1.165) is 47.9 Å². The fourth-order valence-corrected chi connectivity index (χ4v) is 5.10. The molecule has 198 valence electrons. The van der Waals surface area contributed by atoms with Crippen LogP contribution in [0, 0.1) is 5.92 Å². The number of ether oxygens (including phenoxy) is 1.